The molecule has 2 atom stereocenters. The van der Waals surface area contributed by atoms with Crippen LogP contribution < -0.4 is 5.32 Å². The van der Waals surface area contributed by atoms with Crippen LogP contribution in [-0.2, 0) is 11.3 Å². The van der Waals surface area contributed by atoms with E-state index >= 15 is 0 Å². The maximum Gasteiger partial charge on any atom is 0.0762 e. The Morgan fingerprint density at radius 3 is 2.90 bits per heavy atom. The van der Waals surface area contributed by atoms with Gasteiger partial charge in [0.1, 0.15) is 0 Å². The predicted octanol–water partition coefficient (Wildman–Crippen LogP) is 3.05. The zero-order valence-electron chi connectivity index (χ0n) is 12.8. The van der Waals surface area contributed by atoms with Crippen LogP contribution in [0.3, 0.4) is 0 Å². The second-order valence-electron chi connectivity index (χ2n) is 6.61. The van der Waals surface area contributed by atoms with Crippen molar-refractivity contribution in [1.82, 2.24) is 15.1 Å². The summed E-state index contributed by atoms with van der Waals surface area (Å²) in [4.78, 5) is 0. The van der Waals surface area contributed by atoms with Gasteiger partial charge in [0.25, 0.3) is 0 Å². The van der Waals surface area contributed by atoms with Crippen molar-refractivity contribution in [3.8, 4) is 0 Å². The van der Waals surface area contributed by atoms with Crippen LogP contribution in [0.25, 0.3) is 0 Å². The third kappa shape index (κ3) is 2.91. The van der Waals surface area contributed by atoms with Crippen LogP contribution in [0.4, 0.5) is 0 Å². The second kappa shape index (κ2) is 5.86. The maximum atomic E-state index is 5.67. The Bertz CT molecular complexity index is 439. The first-order valence-corrected chi connectivity index (χ1v) is 8.08. The highest BCUT2D eigenvalue weighted by atomic mass is 16.5. The van der Waals surface area contributed by atoms with Gasteiger partial charge in [0.15, 0.2) is 0 Å². The molecular weight excluding hydrogens is 250 g/mol. The zero-order chi connectivity index (χ0) is 14.0. The molecule has 2 fully saturated rings. The van der Waals surface area contributed by atoms with Gasteiger partial charge < -0.3 is 10.1 Å². The molecule has 3 rings (SSSR count). The van der Waals surface area contributed by atoms with E-state index in [9.17, 15) is 0 Å². The van der Waals surface area contributed by atoms with Gasteiger partial charge in [-0.2, -0.15) is 5.10 Å². The summed E-state index contributed by atoms with van der Waals surface area (Å²) in [6, 6.07) is 2.78. The molecule has 1 aromatic rings. The van der Waals surface area contributed by atoms with E-state index in [0.717, 1.165) is 25.3 Å². The molecule has 1 aromatic heterocycles. The monoisotopic (exact) mass is 277 g/mol. The molecule has 0 bridgehead atoms. The number of hydrogen-bond donors (Lipinski definition) is 1. The van der Waals surface area contributed by atoms with Crippen LogP contribution in [0.2, 0.25) is 0 Å². The lowest BCUT2D eigenvalue weighted by atomic mass is 9.94. The SMILES string of the molecule is CC1OCCC1(C)NCc1ccn(C2CCCCC2)n1. The minimum absolute atomic E-state index is 0.0919. The maximum absolute atomic E-state index is 5.67. The van der Waals surface area contributed by atoms with Gasteiger partial charge in [0.05, 0.1) is 17.8 Å². The standard InChI is InChI=1S/C16H27N3O/c1-13-16(2,9-11-20-13)17-12-14-8-10-19(18-14)15-6-4-3-5-7-15/h8,10,13,15,17H,3-7,9,11-12H2,1-2H3. The lowest BCUT2D eigenvalue weighted by Crippen LogP contribution is -2.47. The summed E-state index contributed by atoms with van der Waals surface area (Å²) in [5, 5.41) is 8.40. The molecule has 2 aliphatic rings. The van der Waals surface area contributed by atoms with E-state index in [1.54, 1.807) is 0 Å². The molecule has 2 unspecified atom stereocenters. The molecule has 1 saturated heterocycles. The van der Waals surface area contributed by atoms with Crippen molar-refractivity contribution in [3.05, 3.63) is 18.0 Å². The number of nitrogens with one attached hydrogen (secondary N) is 1. The molecular formula is C16H27N3O. The van der Waals surface area contributed by atoms with Crippen LogP contribution in [0, 0.1) is 0 Å². The Kier molecular flexibility index (Phi) is 4.13. The molecule has 0 spiro atoms. The first-order chi connectivity index (χ1) is 9.67. The van der Waals surface area contributed by atoms with E-state index in [4.69, 9.17) is 9.84 Å². The van der Waals surface area contributed by atoms with Gasteiger partial charge in [-0.25, -0.2) is 0 Å². The number of ether oxygens (including phenoxy) is 1. The summed E-state index contributed by atoms with van der Waals surface area (Å²) in [6.45, 7) is 6.11. The summed E-state index contributed by atoms with van der Waals surface area (Å²) in [6.07, 6.45) is 10.2. The molecule has 1 aliphatic carbocycles. The highest BCUT2D eigenvalue weighted by molar-refractivity contribution is 5.03. The molecule has 1 N–H and O–H groups in total. The number of nitrogens with zero attached hydrogens (tertiary/aromatic N) is 2. The highest BCUT2D eigenvalue weighted by Crippen LogP contribution is 2.28. The number of hydrogen-bond acceptors (Lipinski definition) is 3. The van der Waals surface area contributed by atoms with E-state index in [0.29, 0.717) is 6.04 Å². The van der Waals surface area contributed by atoms with Gasteiger partial charge in [-0.1, -0.05) is 19.3 Å². The molecule has 0 radical (unpaired) electrons. The van der Waals surface area contributed by atoms with E-state index in [2.05, 4.69) is 36.1 Å². The van der Waals surface area contributed by atoms with Gasteiger partial charge >= 0.3 is 0 Å². The Hall–Kier alpha value is -0.870. The zero-order valence-corrected chi connectivity index (χ0v) is 12.8. The largest absolute Gasteiger partial charge is 0.377 e. The molecule has 4 heteroatoms. The van der Waals surface area contributed by atoms with E-state index < -0.39 is 0 Å². The summed E-state index contributed by atoms with van der Waals surface area (Å²) < 4.78 is 7.86. The second-order valence-corrected chi connectivity index (χ2v) is 6.61. The van der Waals surface area contributed by atoms with Crippen molar-refractivity contribution >= 4 is 0 Å². The molecule has 112 valence electrons. The number of rotatable bonds is 4. The summed E-state index contributed by atoms with van der Waals surface area (Å²) in [5.41, 5.74) is 1.24. The molecule has 0 aromatic carbocycles. The topological polar surface area (TPSA) is 39.1 Å². The fraction of sp³-hybridized carbons (Fsp3) is 0.812. The fourth-order valence-corrected chi connectivity index (χ4v) is 3.38. The quantitative estimate of drug-likeness (QED) is 0.919. The Morgan fingerprint density at radius 1 is 1.40 bits per heavy atom. The minimum Gasteiger partial charge on any atom is -0.377 e. The third-order valence-corrected chi connectivity index (χ3v) is 5.17. The van der Waals surface area contributed by atoms with E-state index in [1.165, 1.54) is 32.1 Å². The van der Waals surface area contributed by atoms with Gasteiger partial charge in [-0.15, -0.1) is 0 Å². The van der Waals surface area contributed by atoms with Crippen LogP contribution in [0.1, 0.15) is 64.1 Å². The van der Waals surface area contributed by atoms with Crippen LogP contribution >= 0.6 is 0 Å². The van der Waals surface area contributed by atoms with Crippen molar-refractivity contribution < 1.29 is 4.74 Å². The molecule has 1 aliphatic heterocycles. The summed E-state index contributed by atoms with van der Waals surface area (Å²) in [5.74, 6) is 0. The molecule has 0 amide bonds. The lowest BCUT2D eigenvalue weighted by molar-refractivity contribution is 0.0880. The Balaban J connectivity index is 1.57. The smallest absolute Gasteiger partial charge is 0.0762 e. The molecule has 4 nitrogen and oxygen atoms in total. The Labute approximate surface area is 121 Å². The van der Waals surface area contributed by atoms with Crippen LogP contribution in [0.15, 0.2) is 12.3 Å². The van der Waals surface area contributed by atoms with Crippen molar-refractivity contribution in [2.75, 3.05) is 6.61 Å². The normalized spacial score (nSPS) is 31.8. The van der Waals surface area contributed by atoms with Crippen molar-refractivity contribution in [1.29, 1.82) is 0 Å². The average Bonchev–Trinajstić information content (AvgIpc) is 3.06. The van der Waals surface area contributed by atoms with E-state index in [1.807, 2.05) is 0 Å². The first-order valence-electron chi connectivity index (χ1n) is 8.08. The summed E-state index contributed by atoms with van der Waals surface area (Å²) in [7, 11) is 0. The average molecular weight is 277 g/mol. The van der Waals surface area contributed by atoms with Crippen molar-refractivity contribution in [2.45, 2.75) is 76.6 Å². The molecule has 1 saturated carbocycles. The van der Waals surface area contributed by atoms with Gasteiger partial charge in [-0.05, 0) is 39.2 Å². The first kappa shape index (κ1) is 14.1. The Morgan fingerprint density at radius 2 is 2.20 bits per heavy atom. The highest BCUT2D eigenvalue weighted by Gasteiger charge is 2.36. The minimum atomic E-state index is 0.0919. The number of aromatic nitrogens is 2. The van der Waals surface area contributed by atoms with Gasteiger partial charge in [0, 0.05) is 24.9 Å². The lowest BCUT2D eigenvalue weighted by Gasteiger charge is -2.28. The van der Waals surface area contributed by atoms with Gasteiger partial charge in [0.2, 0.25) is 0 Å². The predicted molar refractivity (Wildman–Crippen MR) is 79.6 cm³/mol. The summed E-state index contributed by atoms with van der Waals surface area (Å²) >= 11 is 0. The van der Waals surface area contributed by atoms with Crippen LogP contribution in [-0.4, -0.2) is 28.0 Å². The van der Waals surface area contributed by atoms with Crippen LogP contribution in [0.5, 0.6) is 0 Å². The third-order valence-electron chi connectivity index (χ3n) is 5.17. The van der Waals surface area contributed by atoms with Crippen molar-refractivity contribution in [2.24, 2.45) is 0 Å². The fourth-order valence-electron chi connectivity index (χ4n) is 3.38. The molecule has 2 heterocycles. The molecule has 20 heavy (non-hydrogen) atoms. The van der Waals surface area contributed by atoms with Crippen molar-refractivity contribution in [3.63, 3.8) is 0 Å². The van der Waals surface area contributed by atoms with Gasteiger partial charge in [-0.3, -0.25) is 4.68 Å². The van der Waals surface area contributed by atoms with E-state index in [-0.39, 0.29) is 11.6 Å².